The molecule has 0 aromatic carbocycles. The Balaban J connectivity index is 2.78. The summed E-state index contributed by atoms with van der Waals surface area (Å²) in [6.07, 6.45) is -3.72. The molecule has 1 aliphatic heterocycles. The van der Waals surface area contributed by atoms with Gasteiger partial charge < -0.3 is 14.6 Å². The minimum absolute atomic E-state index is 0.687. The molecule has 0 radical (unpaired) electrons. The predicted octanol–water partition coefficient (Wildman–Crippen LogP) is -1.70. The highest BCUT2D eigenvalue weighted by molar-refractivity contribution is 7.87. The van der Waals surface area contributed by atoms with Crippen LogP contribution in [-0.4, -0.2) is 54.1 Å². The van der Waals surface area contributed by atoms with Crippen LogP contribution in [0.15, 0.2) is 0 Å². The Morgan fingerprint density at radius 1 is 1.53 bits per heavy atom. The van der Waals surface area contributed by atoms with E-state index in [0.717, 1.165) is 0 Å². The van der Waals surface area contributed by atoms with Crippen LogP contribution in [-0.2, 0) is 29.2 Å². The number of hydrogen-bond donors (Lipinski definition) is 2. The summed E-state index contributed by atoms with van der Waals surface area (Å²) in [6.45, 7) is -0.687. The Labute approximate surface area is 92.9 Å². The molecule has 98 valence electrons. The third-order valence-corrected chi connectivity index (χ3v) is 2.62. The Bertz CT molecular complexity index is 443. The van der Waals surface area contributed by atoms with E-state index in [2.05, 4.69) is 9.47 Å². The maximum Gasteiger partial charge on any atom is 0.465 e. The summed E-state index contributed by atoms with van der Waals surface area (Å²) in [7, 11) is -5.99. The van der Waals surface area contributed by atoms with Crippen molar-refractivity contribution in [3.63, 3.8) is 0 Å². The van der Waals surface area contributed by atoms with Crippen molar-refractivity contribution in [3.05, 3.63) is 0 Å². The fourth-order valence-electron chi connectivity index (χ4n) is 0.902. The van der Waals surface area contributed by atoms with E-state index in [1.165, 1.54) is 0 Å². The lowest BCUT2D eigenvalue weighted by Gasteiger charge is -2.16. The van der Waals surface area contributed by atoms with E-state index >= 15 is 0 Å². The van der Waals surface area contributed by atoms with Gasteiger partial charge in [0.1, 0.15) is 6.61 Å². The van der Waals surface area contributed by atoms with Crippen LogP contribution in [0.25, 0.3) is 0 Å². The molecule has 17 heavy (non-hydrogen) atoms. The lowest BCUT2D eigenvalue weighted by molar-refractivity contribution is -0.170. The topological polar surface area (TPSA) is 127 Å². The fraction of sp³-hybridized carbons (Fsp3) is 0.667. The van der Waals surface area contributed by atoms with Gasteiger partial charge in [0.25, 0.3) is 0 Å². The zero-order chi connectivity index (χ0) is 13.4. The molecule has 2 N–H and O–H groups in total. The molecule has 1 fully saturated rings. The zero-order valence-corrected chi connectivity index (χ0v) is 8.69. The number of alkyl halides is 2. The summed E-state index contributed by atoms with van der Waals surface area (Å²) < 4.78 is 61.8. The van der Waals surface area contributed by atoms with Gasteiger partial charge >= 0.3 is 27.3 Å². The van der Waals surface area contributed by atoms with Crippen molar-refractivity contribution in [2.24, 2.45) is 0 Å². The molecule has 2 unspecified atom stereocenters. The third-order valence-electron chi connectivity index (χ3n) is 1.80. The molecule has 11 heteroatoms. The predicted molar refractivity (Wildman–Crippen MR) is 43.3 cm³/mol. The lowest BCUT2D eigenvalue weighted by atomic mass is 10.2. The van der Waals surface area contributed by atoms with Gasteiger partial charge in [-0.05, 0) is 0 Å². The van der Waals surface area contributed by atoms with Crippen molar-refractivity contribution in [2.45, 2.75) is 17.5 Å². The quantitative estimate of drug-likeness (QED) is 0.461. The molecule has 0 bridgehead atoms. The van der Waals surface area contributed by atoms with E-state index in [1.807, 2.05) is 0 Å². The minimum atomic E-state index is -5.99. The first-order chi connectivity index (χ1) is 7.57. The molecule has 1 aliphatic rings. The van der Waals surface area contributed by atoms with Gasteiger partial charge in [0.2, 0.25) is 0 Å². The lowest BCUT2D eigenvalue weighted by Crippen LogP contribution is -2.43. The van der Waals surface area contributed by atoms with Crippen LogP contribution in [0.5, 0.6) is 0 Å². The van der Waals surface area contributed by atoms with Gasteiger partial charge in [0, 0.05) is 0 Å². The number of aliphatic hydroxyl groups is 1. The van der Waals surface area contributed by atoms with Crippen LogP contribution < -0.4 is 0 Å². The Kier molecular flexibility index (Phi) is 3.36. The summed E-state index contributed by atoms with van der Waals surface area (Å²) in [5.41, 5.74) is 0. The summed E-state index contributed by atoms with van der Waals surface area (Å²) in [4.78, 5) is 21.3. The van der Waals surface area contributed by atoms with Crippen molar-refractivity contribution in [1.82, 2.24) is 0 Å². The summed E-state index contributed by atoms with van der Waals surface area (Å²) >= 11 is 0. The molecular weight excluding hydrogens is 270 g/mol. The molecule has 0 amide bonds. The average molecular weight is 276 g/mol. The summed E-state index contributed by atoms with van der Waals surface area (Å²) in [6, 6.07) is 0. The third kappa shape index (κ3) is 2.50. The van der Waals surface area contributed by atoms with Crippen LogP contribution in [0.2, 0.25) is 0 Å². The van der Waals surface area contributed by atoms with Crippen LogP contribution in [0, 0.1) is 0 Å². The summed E-state index contributed by atoms with van der Waals surface area (Å²) in [5.74, 6) is -3.81. The molecule has 1 heterocycles. The number of cyclic esters (lactones) is 1. The van der Waals surface area contributed by atoms with Gasteiger partial charge in [-0.1, -0.05) is 0 Å². The highest BCUT2D eigenvalue weighted by atomic mass is 32.2. The first-order valence-electron chi connectivity index (χ1n) is 3.98. The maximum atomic E-state index is 12.7. The van der Waals surface area contributed by atoms with Crippen molar-refractivity contribution < 1.29 is 45.9 Å². The second kappa shape index (κ2) is 4.16. The van der Waals surface area contributed by atoms with E-state index < -0.39 is 46.1 Å². The normalized spacial score (nSPS) is 25.5. The molecule has 1 saturated heterocycles. The number of halogens is 2. The first-order valence-corrected chi connectivity index (χ1v) is 5.42. The largest absolute Gasteiger partial charge is 0.465 e. The molecule has 0 spiro atoms. The maximum absolute atomic E-state index is 12.7. The van der Waals surface area contributed by atoms with Crippen LogP contribution in [0.3, 0.4) is 0 Å². The zero-order valence-electron chi connectivity index (χ0n) is 7.87. The van der Waals surface area contributed by atoms with Crippen molar-refractivity contribution in [1.29, 1.82) is 0 Å². The molecule has 0 saturated carbocycles. The van der Waals surface area contributed by atoms with Gasteiger partial charge in [0.15, 0.2) is 12.2 Å². The van der Waals surface area contributed by atoms with E-state index in [9.17, 15) is 26.8 Å². The van der Waals surface area contributed by atoms with Gasteiger partial charge in [-0.15, -0.1) is 0 Å². The molecular formula is C6H6F2O8S. The van der Waals surface area contributed by atoms with E-state index in [1.54, 1.807) is 0 Å². The van der Waals surface area contributed by atoms with Crippen molar-refractivity contribution >= 4 is 22.1 Å². The Morgan fingerprint density at radius 2 is 2.06 bits per heavy atom. The highest BCUT2D eigenvalue weighted by Gasteiger charge is 2.56. The standard InChI is InChI=1S/C6H6F2O8S/c7-6(8,17(12,13)14)5(11)16-2-1-15-4(10)3(2)9/h2-3,9H,1H2,(H,12,13,14). The smallest absolute Gasteiger partial charge is 0.460 e. The molecule has 2 atom stereocenters. The molecule has 1 rings (SSSR count). The number of esters is 2. The summed E-state index contributed by atoms with van der Waals surface area (Å²) in [5, 5.41) is 3.78. The second-order valence-electron chi connectivity index (χ2n) is 3.01. The van der Waals surface area contributed by atoms with Gasteiger partial charge in [-0.2, -0.15) is 17.2 Å². The first kappa shape index (κ1) is 13.7. The van der Waals surface area contributed by atoms with Crippen LogP contribution >= 0.6 is 0 Å². The fourth-order valence-corrected chi connectivity index (χ4v) is 1.16. The van der Waals surface area contributed by atoms with Crippen LogP contribution in [0.1, 0.15) is 0 Å². The highest BCUT2D eigenvalue weighted by Crippen LogP contribution is 2.24. The number of carbonyl (C=O) groups is 2. The van der Waals surface area contributed by atoms with E-state index in [-0.39, 0.29) is 0 Å². The minimum Gasteiger partial charge on any atom is -0.460 e. The van der Waals surface area contributed by atoms with Crippen LogP contribution in [0.4, 0.5) is 8.78 Å². The van der Waals surface area contributed by atoms with Crippen molar-refractivity contribution in [2.75, 3.05) is 6.61 Å². The molecule has 0 aromatic heterocycles. The number of aliphatic hydroxyl groups excluding tert-OH is 1. The van der Waals surface area contributed by atoms with Crippen molar-refractivity contribution in [3.8, 4) is 0 Å². The number of rotatable bonds is 3. The van der Waals surface area contributed by atoms with Gasteiger partial charge in [0.05, 0.1) is 0 Å². The number of ether oxygens (including phenoxy) is 2. The molecule has 0 aromatic rings. The number of carbonyl (C=O) groups excluding carboxylic acids is 2. The monoisotopic (exact) mass is 276 g/mol. The average Bonchev–Trinajstić information content (AvgIpc) is 2.47. The second-order valence-corrected chi connectivity index (χ2v) is 4.47. The molecule has 8 nitrogen and oxygen atoms in total. The van der Waals surface area contributed by atoms with Gasteiger partial charge in [-0.3, -0.25) is 4.55 Å². The van der Waals surface area contributed by atoms with E-state index in [4.69, 9.17) is 9.66 Å². The Hall–Kier alpha value is -1.33. The number of hydrogen-bond acceptors (Lipinski definition) is 7. The SMILES string of the molecule is O=C1OCC(OC(=O)C(F)(F)S(=O)(=O)O)C1O. The van der Waals surface area contributed by atoms with Gasteiger partial charge in [-0.25, -0.2) is 9.59 Å². The molecule has 0 aliphatic carbocycles. The van der Waals surface area contributed by atoms with E-state index in [0.29, 0.717) is 0 Å². The Morgan fingerprint density at radius 3 is 2.41 bits per heavy atom.